The van der Waals surface area contributed by atoms with E-state index in [1.54, 1.807) is 36.7 Å². The quantitative estimate of drug-likeness (QED) is 0.860. The summed E-state index contributed by atoms with van der Waals surface area (Å²) in [6, 6.07) is 10.4. The van der Waals surface area contributed by atoms with Crippen molar-refractivity contribution in [1.29, 1.82) is 0 Å². The number of carboxylic acid groups (broad SMARTS) is 1. The summed E-state index contributed by atoms with van der Waals surface area (Å²) in [5.41, 5.74) is 8.34. The van der Waals surface area contributed by atoms with E-state index >= 15 is 0 Å². The Morgan fingerprint density at radius 2 is 2.00 bits per heavy atom. The van der Waals surface area contributed by atoms with E-state index < -0.39 is 5.97 Å². The van der Waals surface area contributed by atoms with Crippen molar-refractivity contribution < 1.29 is 9.90 Å². The molecule has 1 aromatic heterocycles. The van der Waals surface area contributed by atoms with Crippen LogP contribution in [0.2, 0.25) is 0 Å². The molecule has 4 heteroatoms. The molecule has 3 N–H and O–H groups in total. The zero-order valence-corrected chi connectivity index (χ0v) is 9.78. The van der Waals surface area contributed by atoms with Crippen LogP contribution in [-0.4, -0.2) is 16.1 Å². The van der Waals surface area contributed by atoms with Gasteiger partial charge in [0, 0.05) is 18.4 Å². The third-order valence-electron chi connectivity index (χ3n) is 2.77. The Balaban J connectivity index is 2.08. The van der Waals surface area contributed by atoms with Gasteiger partial charge in [0.2, 0.25) is 0 Å². The van der Waals surface area contributed by atoms with Gasteiger partial charge in [0.1, 0.15) is 0 Å². The van der Waals surface area contributed by atoms with Gasteiger partial charge < -0.3 is 10.8 Å². The molecule has 1 atom stereocenters. The largest absolute Gasteiger partial charge is 0.478 e. The minimum absolute atomic E-state index is 0.130. The standard InChI is InChI=1S/C14H14N2O2/c15-13(12-2-1-7-16-9-12)8-10-3-5-11(6-4-10)14(17)18/h1-7,9,13H,8,15H2,(H,17,18). The van der Waals surface area contributed by atoms with Crippen LogP contribution in [-0.2, 0) is 6.42 Å². The summed E-state index contributed by atoms with van der Waals surface area (Å²) >= 11 is 0. The van der Waals surface area contributed by atoms with Crippen LogP contribution in [0.4, 0.5) is 0 Å². The lowest BCUT2D eigenvalue weighted by Gasteiger charge is -2.11. The number of nitrogens with two attached hydrogens (primary N) is 1. The molecule has 0 amide bonds. The Hall–Kier alpha value is -2.20. The van der Waals surface area contributed by atoms with Crippen molar-refractivity contribution in [2.45, 2.75) is 12.5 Å². The summed E-state index contributed by atoms with van der Waals surface area (Å²) in [5, 5.41) is 8.80. The van der Waals surface area contributed by atoms with Gasteiger partial charge in [0.15, 0.2) is 0 Å². The number of aromatic nitrogens is 1. The minimum atomic E-state index is -0.918. The maximum atomic E-state index is 10.7. The van der Waals surface area contributed by atoms with Gasteiger partial charge in [-0.05, 0) is 35.7 Å². The van der Waals surface area contributed by atoms with Gasteiger partial charge in [-0.2, -0.15) is 0 Å². The number of pyridine rings is 1. The van der Waals surface area contributed by atoms with Crippen LogP contribution in [0, 0.1) is 0 Å². The smallest absolute Gasteiger partial charge is 0.335 e. The first-order valence-electron chi connectivity index (χ1n) is 5.64. The number of hydrogen-bond acceptors (Lipinski definition) is 3. The molecule has 1 unspecified atom stereocenters. The summed E-state index contributed by atoms with van der Waals surface area (Å²) < 4.78 is 0. The maximum Gasteiger partial charge on any atom is 0.335 e. The molecule has 1 heterocycles. The monoisotopic (exact) mass is 242 g/mol. The van der Waals surface area contributed by atoms with Crippen molar-refractivity contribution in [3.63, 3.8) is 0 Å². The normalized spacial score (nSPS) is 12.1. The number of aromatic carboxylic acids is 1. The number of benzene rings is 1. The van der Waals surface area contributed by atoms with Crippen molar-refractivity contribution in [2.75, 3.05) is 0 Å². The molecule has 92 valence electrons. The van der Waals surface area contributed by atoms with E-state index in [4.69, 9.17) is 10.8 Å². The Morgan fingerprint density at radius 3 is 2.56 bits per heavy atom. The lowest BCUT2D eigenvalue weighted by atomic mass is 10.0. The van der Waals surface area contributed by atoms with Gasteiger partial charge in [-0.15, -0.1) is 0 Å². The summed E-state index contributed by atoms with van der Waals surface area (Å²) in [4.78, 5) is 14.7. The minimum Gasteiger partial charge on any atom is -0.478 e. The third kappa shape index (κ3) is 2.93. The third-order valence-corrected chi connectivity index (χ3v) is 2.77. The molecule has 0 bridgehead atoms. The molecular formula is C14H14N2O2. The van der Waals surface area contributed by atoms with Crippen molar-refractivity contribution in [3.05, 3.63) is 65.5 Å². The highest BCUT2D eigenvalue weighted by Crippen LogP contribution is 2.15. The first-order valence-corrected chi connectivity index (χ1v) is 5.64. The van der Waals surface area contributed by atoms with Gasteiger partial charge in [-0.1, -0.05) is 18.2 Å². The van der Waals surface area contributed by atoms with Gasteiger partial charge in [0.05, 0.1) is 5.56 Å². The van der Waals surface area contributed by atoms with E-state index in [0.717, 1.165) is 11.1 Å². The molecule has 0 fully saturated rings. The molecule has 4 nitrogen and oxygen atoms in total. The number of rotatable bonds is 4. The molecule has 0 aliphatic rings. The first kappa shape index (κ1) is 12.3. The first-order chi connectivity index (χ1) is 8.66. The van der Waals surface area contributed by atoms with Gasteiger partial charge in [0.25, 0.3) is 0 Å². The second kappa shape index (κ2) is 5.42. The predicted octanol–water partition coefficient (Wildman–Crippen LogP) is 2.02. The Morgan fingerprint density at radius 1 is 1.28 bits per heavy atom. The van der Waals surface area contributed by atoms with Crippen LogP contribution in [0.25, 0.3) is 0 Å². The van der Waals surface area contributed by atoms with E-state index in [1.165, 1.54) is 0 Å². The van der Waals surface area contributed by atoms with Gasteiger partial charge in [-0.25, -0.2) is 4.79 Å². The van der Waals surface area contributed by atoms with E-state index in [9.17, 15) is 4.79 Å². The molecule has 1 aromatic carbocycles. The lowest BCUT2D eigenvalue weighted by Crippen LogP contribution is -2.13. The Kier molecular flexibility index (Phi) is 3.69. The second-order valence-corrected chi connectivity index (χ2v) is 4.10. The molecule has 0 radical (unpaired) electrons. The molecule has 0 saturated heterocycles. The van der Waals surface area contributed by atoms with E-state index in [2.05, 4.69) is 4.98 Å². The summed E-state index contributed by atoms with van der Waals surface area (Å²) in [7, 11) is 0. The van der Waals surface area contributed by atoms with Crippen molar-refractivity contribution in [3.8, 4) is 0 Å². The predicted molar refractivity (Wildman–Crippen MR) is 68.3 cm³/mol. The van der Waals surface area contributed by atoms with Crippen molar-refractivity contribution >= 4 is 5.97 Å². The highest BCUT2D eigenvalue weighted by atomic mass is 16.4. The average Bonchev–Trinajstić information content (AvgIpc) is 2.40. The average molecular weight is 242 g/mol. The van der Waals surface area contributed by atoms with E-state index in [0.29, 0.717) is 6.42 Å². The fourth-order valence-electron chi connectivity index (χ4n) is 1.75. The summed E-state index contributed by atoms with van der Waals surface area (Å²) in [5.74, 6) is -0.918. The molecule has 2 rings (SSSR count). The molecular weight excluding hydrogens is 228 g/mol. The SMILES string of the molecule is NC(Cc1ccc(C(=O)O)cc1)c1cccnc1. The lowest BCUT2D eigenvalue weighted by molar-refractivity contribution is 0.0697. The summed E-state index contributed by atoms with van der Waals surface area (Å²) in [6.45, 7) is 0. The van der Waals surface area contributed by atoms with Crippen LogP contribution < -0.4 is 5.73 Å². The van der Waals surface area contributed by atoms with Crippen molar-refractivity contribution in [1.82, 2.24) is 4.98 Å². The Labute approximate surface area is 105 Å². The molecule has 18 heavy (non-hydrogen) atoms. The molecule has 0 saturated carbocycles. The molecule has 2 aromatic rings. The number of carbonyl (C=O) groups is 1. The zero-order chi connectivity index (χ0) is 13.0. The van der Waals surface area contributed by atoms with E-state index in [1.807, 2.05) is 12.1 Å². The highest BCUT2D eigenvalue weighted by Gasteiger charge is 2.08. The van der Waals surface area contributed by atoms with E-state index in [-0.39, 0.29) is 11.6 Å². The maximum absolute atomic E-state index is 10.7. The fourth-order valence-corrected chi connectivity index (χ4v) is 1.75. The number of carboxylic acids is 1. The topological polar surface area (TPSA) is 76.2 Å². The van der Waals surface area contributed by atoms with Crippen molar-refractivity contribution in [2.24, 2.45) is 5.73 Å². The number of hydrogen-bond donors (Lipinski definition) is 2. The van der Waals surface area contributed by atoms with Gasteiger partial charge in [-0.3, -0.25) is 4.98 Å². The molecule has 0 aliphatic heterocycles. The van der Waals surface area contributed by atoms with Crippen LogP contribution in [0.5, 0.6) is 0 Å². The molecule has 0 spiro atoms. The zero-order valence-electron chi connectivity index (χ0n) is 9.78. The fraction of sp³-hybridized carbons (Fsp3) is 0.143. The molecule has 0 aliphatic carbocycles. The highest BCUT2D eigenvalue weighted by molar-refractivity contribution is 5.87. The second-order valence-electron chi connectivity index (χ2n) is 4.10. The Bertz CT molecular complexity index is 523. The van der Waals surface area contributed by atoms with Crippen LogP contribution in [0.15, 0.2) is 48.8 Å². The number of nitrogens with zero attached hydrogens (tertiary/aromatic N) is 1. The van der Waals surface area contributed by atoms with Gasteiger partial charge >= 0.3 is 5.97 Å². The van der Waals surface area contributed by atoms with Crippen LogP contribution >= 0.6 is 0 Å². The van der Waals surface area contributed by atoms with Crippen LogP contribution in [0.3, 0.4) is 0 Å². The van der Waals surface area contributed by atoms with Crippen LogP contribution in [0.1, 0.15) is 27.5 Å². The summed E-state index contributed by atoms with van der Waals surface area (Å²) in [6.07, 6.45) is 4.11.